The fourth-order valence-electron chi connectivity index (χ4n) is 3.72. The summed E-state index contributed by atoms with van der Waals surface area (Å²) in [6.07, 6.45) is 0.424. The molecule has 1 aliphatic heterocycles. The third-order valence-corrected chi connectivity index (χ3v) is 14.5. The van der Waals surface area contributed by atoms with Crippen LogP contribution in [0.2, 0.25) is 18.1 Å². The van der Waals surface area contributed by atoms with Crippen molar-refractivity contribution in [2.45, 2.75) is 108 Å². The normalized spacial score (nSPS) is 24.4. The Balaban J connectivity index is 2.58. The largest absolute Gasteiger partial charge is 0.408 e. The lowest BCUT2D eigenvalue weighted by Crippen LogP contribution is -2.50. The number of nitrogens with one attached hydrogen (secondary N) is 1. The molecule has 36 heavy (non-hydrogen) atoms. The number of aromatic amines is 1. The van der Waals surface area contributed by atoms with Gasteiger partial charge in [0.2, 0.25) is 6.54 Å². The molecule has 1 N–H and O–H groups in total. The molecule has 0 saturated carbocycles. The highest BCUT2D eigenvalue weighted by Gasteiger charge is 2.51. The van der Waals surface area contributed by atoms with E-state index in [4.69, 9.17) is 21.4 Å². The van der Waals surface area contributed by atoms with Crippen LogP contribution in [-0.4, -0.2) is 65.2 Å². The number of nitrogens with zero attached hydrogens (tertiary/aromatic N) is 3. The lowest BCUT2D eigenvalue weighted by Gasteiger charge is -2.42. The Hall–Kier alpha value is -0.993. The Bertz CT molecular complexity index is 1030. The number of hydrogen-bond acceptors (Lipinski definition) is 7. The molecule has 1 aliphatic rings. The van der Waals surface area contributed by atoms with Crippen molar-refractivity contribution < 1.29 is 14.8 Å². The SMILES string of the molecule is [2H]C[C@H]1SC(n2ccc(=O)[nH]c2=O)[C@H](O[Si](C)(C)C(C)(C)C)[C@@H]1OP(OCC[N+]#[C-])N(C(C)C)C(C)C. The molecule has 1 fully saturated rings. The lowest BCUT2D eigenvalue weighted by molar-refractivity contribution is 0.0296. The first-order valence-electron chi connectivity index (χ1n) is 13.0. The molecule has 2 unspecified atom stereocenters. The van der Waals surface area contributed by atoms with Crippen LogP contribution in [0.5, 0.6) is 0 Å². The number of thioether (sulfide) groups is 1. The monoisotopic (exact) mass is 559 g/mol. The summed E-state index contributed by atoms with van der Waals surface area (Å²) in [7, 11) is -3.91. The summed E-state index contributed by atoms with van der Waals surface area (Å²) in [4.78, 5) is 30.4. The van der Waals surface area contributed by atoms with Crippen molar-refractivity contribution in [1.82, 2.24) is 14.2 Å². The van der Waals surface area contributed by atoms with Gasteiger partial charge in [-0.25, -0.2) is 16.0 Å². The summed E-state index contributed by atoms with van der Waals surface area (Å²) in [6.45, 7) is 26.8. The average molecular weight is 560 g/mol. The third kappa shape index (κ3) is 7.53. The molecule has 0 bridgehead atoms. The van der Waals surface area contributed by atoms with Crippen molar-refractivity contribution in [3.63, 3.8) is 0 Å². The number of aromatic nitrogens is 2. The second kappa shape index (κ2) is 12.7. The van der Waals surface area contributed by atoms with Gasteiger partial charge in [0.05, 0.1) is 0 Å². The minimum absolute atomic E-state index is 0.0654. The molecule has 12 heteroatoms. The molecule has 9 nitrogen and oxygen atoms in total. The van der Waals surface area contributed by atoms with Gasteiger partial charge in [-0.1, -0.05) is 27.7 Å². The first-order valence-corrected chi connectivity index (χ1v) is 17.3. The number of rotatable bonds is 11. The molecule has 0 aliphatic carbocycles. The van der Waals surface area contributed by atoms with Gasteiger partial charge in [0.1, 0.15) is 24.2 Å². The summed E-state index contributed by atoms with van der Waals surface area (Å²) < 4.78 is 31.8. The van der Waals surface area contributed by atoms with Gasteiger partial charge in [-0.15, -0.1) is 11.8 Å². The van der Waals surface area contributed by atoms with E-state index in [-0.39, 0.29) is 42.4 Å². The third-order valence-electron chi connectivity index (χ3n) is 6.51. The van der Waals surface area contributed by atoms with Crippen LogP contribution in [0.15, 0.2) is 21.9 Å². The van der Waals surface area contributed by atoms with Gasteiger partial charge in [-0.3, -0.25) is 14.3 Å². The van der Waals surface area contributed by atoms with E-state index in [1.807, 2.05) is 0 Å². The second-order valence-electron chi connectivity index (χ2n) is 11.0. The van der Waals surface area contributed by atoms with Crippen LogP contribution in [0.4, 0.5) is 0 Å². The maximum atomic E-state index is 12.8. The molecule has 5 atom stereocenters. The predicted molar refractivity (Wildman–Crippen MR) is 151 cm³/mol. The minimum atomic E-state index is -2.34. The van der Waals surface area contributed by atoms with Crippen LogP contribution in [0.3, 0.4) is 0 Å². The highest BCUT2D eigenvalue weighted by atomic mass is 32.2. The maximum absolute atomic E-state index is 12.8. The molecule has 0 spiro atoms. The summed E-state index contributed by atoms with van der Waals surface area (Å²) in [5.41, 5.74) is -0.975. The molecular weight excluding hydrogens is 515 g/mol. The van der Waals surface area contributed by atoms with Crippen LogP contribution in [0.1, 0.15) is 62.1 Å². The van der Waals surface area contributed by atoms with Crippen molar-refractivity contribution in [1.29, 1.82) is 0 Å². The molecule has 1 saturated heterocycles. The van der Waals surface area contributed by atoms with Gasteiger partial charge in [0.15, 0.2) is 8.32 Å². The highest BCUT2D eigenvalue weighted by Crippen LogP contribution is 2.54. The Labute approximate surface area is 223 Å². The second-order valence-corrected chi connectivity index (χ2v) is 18.5. The zero-order valence-corrected chi connectivity index (χ0v) is 25.7. The van der Waals surface area contributed by atoms with Crippen molar-refractivity contribution in [2.75, 3.05) is 13.2 Å². The first-order chi connectivity index (χ1) is 17.1. The van der Waals surface area contributed by atoms with Gasteiger partial charge in [-0.2, -0.15) is 0 Å². The maximum Gasteiger partial charge on any atom is 0.329 e. The van der Waals surface area contributed by atoms with E-state index in [2.05, 4.69) is 76.1 Å². The van der Waals surface area contributed by atoms with Gasteiger partial charge in [0, 0.05) is 31.0 Å². The zero-order chi connectivity index (χ0) is 28.1. The van der Waals surface area contributed by atoms with Crippen LogP contribution in [-0.2, 0) is 13.5 Å². The Morgan fingerprint density at radius 1 is 1.28 bits per heavy atom. The smallest absolute Gasteiger partial charge is 0.329 e. The quantitative estimate of drug-likeness (QED) is 0.172. The van der Waals surface area contributed by atoms with E-state index in [9.17, 15) is 9.59 Å². The molecule has 1 aromatic rings. The Kier molecular flexibility index (Phi) is 10.4. The zero-order valence-electron chi connectivity index (χ0n) is 24.0. The van der Waals surface area contributed by atoms with Gasteiger partial charge in [0.25, 0.3) is 14.1 Å². The van der Waals surface area contributed by atoms with Crippen molar-refractivity contribution in [3.05, 3.63) is 44.5 Å². The van der Waals surface area contributed by atoms with Crippen LogP contribution < -0.4 is 11.2 Å². The predicted octanol–water partition coefficient (Wildman–Crippen LogP) is 5.23. The summed E-state index contributed by atoms with van der Waals surface area (Å²) in [6, 6.07) is 1.58. The van der Waals surface area contributed by atoms with Gasteiger partial charge < -0.3 is 18.3 Å². The molecule has 2 rings (SSSR count). The van der Waals surface area contributed by atoms with Crippen molar-refractivity contribution in [2.24, 2.45) is 0 Å². The Morgan fingerprint density at radius 2 is 1.92 bits per heavy atom. The molecule has 204 valence electrons. The van der Waals surface area contributed by atoms with Crippen molar-refractivity contribution >= 4 is 28.6 Å². The first kappa shape index (κ1) is 29.6. The van der Waals surface area contributed by atoms with Crippen LogP contribution in [0.25, 0.3) is 4.85 Å². The minimum Gasteiger partial charge on any atom is -0.408 e. The molecule has 0 amide bonds. The van der Waals surface area contributed by atoms with E-state index in [0.29, 0.717) is 0 Å². The van der Waals surface area contributed by atoms with Crippen LogP contribution in [0, 0.1) is 6.57 Å². The molecule has 0 radical (unpaired) electrons. The topological polar surface area (TPSA) is 90.2 Å². The fourth-order valence-corrected chi connectivity index (χ4v) is 8.36. The van der Waals surface area contributed by atoms with E-state index in [0.717, 1.165) is 0 Å². The molecular formula is C24H43N4O5PSSi. The van der Waals surface area contributed by atoms with E-state index in [1.54, 1.807) is 0 Å². The van der Waals surface area contributed by atoms with E-state index < -0.39 is 45.7 Å². The lowest BCUT2D eigenvalue weighted by atomic mass is 10.1. The van der Waals surface area contributed by atoms with Gasteiger partial charge >= 0.3 is 5.69 Å². The Morgan fingerprint density at radius 3 is 2.42 bits per heavy atom. The fraction of sp³-hybridized carbons (Fsp3) is 0.792. The highest BCUT2D eigenvalue weighted by molar-refractivity contribution is 8.00. The molecule has 1 aromatic heterocycles. The van der Waals surface area contributed by atoms with Crippen LogP contribution >= 0.6 is 20.3 Å². The molecule has 0 aromatic carbocycles. The number of H-pyrrole nitrogens is 1. The van der Waals surface area contributed by atoms with Crippen molar-refractivity contribution in [3.8, 4) is 0 Å². The average Bonchev–Trinajstić information content (AvgIpc) is 3.09. The van der Waals surface area contributed by atoms with Gasteiger partial charge in [-0.05, 0) is 45.8 Å². The van der Waals surface area contributed by atoms with E-state index >= 15 is 0 Å². The summed E-state index contributed by atoms with van der Waals surface area (Å²) in [5, 5.41) is -0.861. The number of hydrogen-bond donors (Lipinski definition) is 1. The summed E-state index contributed by atoms with van der Waals surface area (Å²) in [5.74, 6) is 0. The molecule has 2 heterocycles. The standard InChI is InChI=1S/C24H43N4O5PSSi/c1-16(2)28(17(3)4)34(31-15-13-25-9)32-20-18(5)35-22(27-14-12-19(29)26-23(27)30)21(20)33-36(10,11)24(6,7)8/h12,14,16-18,20-22H,13,15H2,1-8,10-11H3,(H,26,29,30)/t18-,20-,21-,22?,34?/m1/s1/i5D. The summed E-state index contributed by atoms with van der Waals surface area (Å²) >= 11 is 1.46. The van der Waals surface area contributed by atoms with E-state index in [1.165, 1.54) is 28.6 Å².